The van der Waals surface area contributed by atoms with Crippen molar-refractivity contribution >= 4 is 5.96 Å². The van der Waals surface area contributed by atoms with E-state index < -0.39 is 0 Å². The summed E-state index contributed by atoms with van der Waals surface area (Å²) in [7, 11) is 3.48. The van der Waals surface area contributed by atoms with Gasteiger partial charge < -0.3 is 15.4 Å². The monoisotopic (exact) mass is 343 g/mol. The molecule has 0 amide bonds. The molecule has 1 heterocycles. The Bertz CT molecular complexity index is 663. The SMILES string of the molecule is CN=C(NCCC(C)c1ccc(OC)cc1)NCCn1cc(C)cn1. The molecule has 1 aromatic carbocycles. The van der Waals surface area contributed by atoms with Crippen LogP contribution in [0, 0.1) is 6.92 Å². The lowest BCUT2D eigenvalue weighted by molar-refractivity contribution is 0.414. The van der Waals surface area contributed by atoms with Gasteiger partial charge in [0.25, 0.3) is 0 Å². The largest absolute Gasteiger partial charge is 0.497 e. The van der Waals surface area contributed by atoms with E-state index in [1.54, 1.807) is 14.2 Å². The second-order valence-corrected chi connectivity index (χ2v) is 6.17. The van der Waals surface area contributed by atoms with Gasteiger partial charge in [-0.1, -0.05) is 19.1 Å². The van der Waals surface area contributed by atoms with Crippen molar-refractivity contribution in [2.75, 3.05) is 27.2 Å². The third-order valence-electron chi connectivity index (χ3n) is 4.17. The van der Waals surface area contributed by atoms with Crippen LogP contribution in [0.2, 0.25) is 0 Å². The van der Waals surface area contributed by atoms with E-state index >= 15 is 0 Å². The van der Waals surface area contributed by atoms with Gasteiger partial charge in [0.2, 0.25) is 0 Å². The highest BCUT2D eigenvalue weighted by atomic mass is 16.5. The second-order valence-electron chi connectivity index (χ2n) is 6.17. The number of ether oxygens (including phenoxy) is 1. The van der Waals surface area contributed by atoms with Gasteiger partial charge in [-0.25, -0.2) is 0 Å². The quantitative estimate of drug-likeness (QED) is 0.571. The first-order chi connectivity index (χ1) is 12.1. The highest BCUT2D eigenvalue weighted by molar-refractivity contribution is 5.79. The van der Waals surface area contributed by atoms with Crippen molar-refractivity contribution in [2.45, 2.75) is 32.7 Å². The second kappa shape index (κ2) is 9.71. The summed E-state index contributed by atoms with van der Waals surface area (Å²) in [5.41, 5.74) is 2.50. The highest BCUT2D eigenvalue weighted by Gasteiger charge is 2.06. The average molecular weight is 343 g/mol. The number of aromatic nitrogens is 2. The van der Waals surface area contributed by atoms with Crippen LogP contribution in [0.3, 0.4) is 0 Å². The molecule has 0 aliphatic rings. The number of benzene rings is 1. The molecule has 0 aliphatic heterocycles. The van der Waals surface area contributed by atoms with Crippen LogP contribution in [0.5, 0.6) is 5.75 Å². The zero-order chi connectivity index (χ0) is 18.1. The van der Waals surface area contributed by atoms with Crippen molar-refractivity contribution in [1.29, 1.82) is 0 Å². The van der Waals surface area contributed by atoms with E-state index in [4.69, 9.17) is 4.74 Å². The third-order valence-corrected chi connectivity index (χ3v) is 4.17. The number of methoxy groups -OCH3 is 1. The third kappa shape index (κ3) is 6.14. The Hall–Kier alpha value is -2.50. The fourth-order valence-electron chi connectivity index (χ4n) is 2.60. The lowest BCUT2D eigenvalue weighted by atomic mass is 9.98. The topological polar surface area (TPSA) is 63.5 Å². The van der Waals surface area contributed by atoms with E-state index in [2.05, 4.69) is 39.8 Å². The molecular weight excluding hydrogens is 314 g/mol. The number of nitrogens with zero attached hydrogens (tertiary/aromatic N) is 3. The van der Waals surface area contributed by atoms with Crippen LogP contribution < -0.4 is 15.4 Å². The number of rotatable bonds is 8. The number of guanidine groups is 1. The Labute approximate surface area is 150 Å². The molecule has 2 aromatic rings. The van der Waals surface area contributed by atoms with Gasteiger partial charge >= 0.3 is 0 Å². The molecule has 0 bridgehead atoms. The maximum Gasteiger partial charge on any atom is 0.191 e. The molecule has 6 nitrogen and oxygen atoms in total. The first-order valence-electron chi connectivity index (χ1n) is 8.70. The predicted octanol–water partition coefficient (Wildman–Crippen LogP) is 2.56. The molecule has 1 unspecified atom stereocenters. The van der Waals surface area contributed by atoms with Gasteiger partial charge in [0.1, 0.15) is 5.75 Å². The summed E-state index contributed by atoms with van der Waals surface area (Å²) in [5, 5.41) is 11.0. The summed E-state index contributed by atoms with van der Waals surface area (Å²) in [4.78, 5) is 4.26. The van der Waals surface area contributed by atoms with Crippen LogP contribution in [-0.4, -0.2) is 43.0 Å². The Balaban J connectivity index is 1.69. The molecule has 25 heavy (non-hydrogen) atoms. The van der Waals surface area contributed by atoms with Crippen LogP contribution in [0.1, 0.15) is 30.4 Å². The minimum absolute atomic E-state index is 0.476. The number of aliphatic imine (C=N–C) groups is 1. The van der Waals surface area contributed by atoms with Crippen LogP contribution in [0.4, 0.5) is 0 Å². The first-order valence-corrected chi connectivity index (χ1v) is 8.70. The van der Waals surface area contributed by atoms with Gasteiger partial charge in [0.05, 0.1) is 19.9 Å². The summed E-state index contributed by atoms with van der Waals surface area (Å²) >= 11 is 0. The molecule has 1 aromatic heterocycles. The average Bonchev–Trinajstić information content (AvgIpc) is 3.05. The Morgan fingerprint density at radius 3 is 2.56 bits per heavy atom. The molecule has 0 radical (unpaired) electrons. The zero-order valence-electron chi connectivity index (χ0n) is 15.6. The molecule has 2 rings (SSSR count). The number of hydrogen-bond donors (Lipinski definition) is 2. The van der Waals surface area contributed by atoms with Crippen molar-refractivity contribution in [2.24, 2.45) is 4.99 Å². The van der Waals surface area contributed by atoms with Crippen molar-refractivity contribution in [3.05, 3.63) is 47.8 Å². The van der Waals surface area contributed by atoms with E-state index in [9.17, 15) is 0 Å². The number of hydrogen-bond acceptors (Lipinski definition) is 3. The van der Waals surface area contributed by atoms with Crippen LogP contribution in [-0.2, 0) is 6.54 Å². The van der Waals surface area contributed by atoms with Gasteiger partial charge in [-0.15, -0.1) is 0 Å². The zero-order valence-corrected chi connectivity index (χ0v) is 15.6. The van der Waals surface area contributed by atoms with Gasteiger partial charge in [0, 0.05) is 26.3 Å². The summed E-state index contributed by atoms with van der Waals surface area (Å²) in [6, 6.07) is 8.28. The predicted molar refractivity (Wildman–Crippen MR) is 102 cm³/mol. The van der Waals surface area contributed by atoms with E-state index in [-0.39, 0.29) is 0 Å². The Kier molecular flexibility index (Phi) is 7.32. The minimum Gasteiger partial charge on any atom is -0.497 e. The molecule has 0 saturated carbocycles. The molecule has 2 N–H and O–H groups in total. The van der Waals surface area contributed by atoms with Crippen LogP contribution in [0.25, 0.3) is 0 Å². The fraction of sp³-hybridized carbons (Fsp3) is 0.474. The Morgan fingerprint density at radius 1 is 1.24 bits per heavy atom. The number of aryl methyl sites for hydroxylation is 1. The van der Waals surface area contributed by atoms with Gasteiger partial charge in [-0.05, 0) is 42.5 Å². The summed E-state index contributed by atoms with van der Waals surface area (Å²) in [6.45, 7) is 6.75. The van der Waals surface area contributed by atoms with E-state index in [0.717, 1.165) is 37.8 Å². The lowest BCUT2D eigenvalue weighted by Crippen LogP contribution is -2.39. The maximum absolute atomic E-state index is 5.20. The molecule has 0 aliphatic carbocycles. The van der Waals surface area contributed by atoms with Crippen LogP contribution >= 0.6 is 0 Å². The highest BCUT2D eigenvalue weighted by Crippen LogP contribution is 2.21. The van der Waals surface area contributed by atoms with Gasteiger partial charge in [-0.2, -0.15) is 5.10 Å². The molecule has 136 valence electrons. The minimum atomic E-state index is 0.476. The first kappa shape index (κ1) is 18.8. The standard InChI is InChI=1S/C19H29N5O/c1-15-13-23-24(14-15)12-11-22-19(20-3)21-10-9-16(2)17-5-7-18(25-4)8-6-17/h5-8,13-14,16H,9-12H2,1-4H3,(H2,20,21,22). The van der Waals surface area contributed by atoms with Crippen molar-refractivity contribution in [3.63, 3.8) is 0 Å². The normalized spacial score (nSPS) is 12.7. The Morgan fingerprint density at radius 2 is 1.96 bits per heavy atom. The lowest BCUT2D eigenvalue weighted by Gasteiger charge is -2.15. The summed E-state index contributed by atoms with van der Waals surface area (Å²) in [5.74, 6) is 2.19. The molecule has 0 fully saturated rings. The van der Waals surface area contributed by atoms with Crippen molar-refractivity contribution in [1.82, 2.24) is 20.4 Å². The van der Waals surface area contributed by atoms with E-state index in [0.29, 0.717) is 5.92 Å². The fourth-order valence-corrected chi connectivity index (χ4v) is 2.60. The van der Waals surface area contributed by atoms with Crippen LogP contribution in [0.15, 0.2) is 41.7 Å². The molecular formula is C19H29N5O. The van der Waals surface area contributed by atoms with E-state index in [1.165, 1.54) is 11.1 Å². The van der Waals surface area contributed by atoms with Crippen molar-refractivity contribution in [3.8, 4) is 5.75 Å². The van der Waals surface area contributed by atoms with E-state index in [1.807, 2.05) is 36.1 Å². The summed E-state index contributed by atoms with van der Waals surface area (Å²) in [6.07, 6.45) is 4.94. The number of nitrogens with one attached hydrogen (secondary N) is 2. The van der Waals surface area contributed by atoms with Gasteiger partial charge in [0.15, 0.2) is 5.96 Å². The molecule has 0 saturated heterocycles. The molecule has 0 spiro atoms. The van der Waals surface area contributed by atoms with Crippen molar-refractivity contribution < 1.29 is 4.74 Å². The molecule has 6 heteroatoms. The van der Waals surface area contributed by atoms with Gasteiger partial charge in [-0.3, -0.25) is 9.67 Å². The smallest absolute Gasteiger partial charge is 0.191 e. The summed E-state index contributed by atoms with van der Waals surface area (Å²) < 4.78 is 7.14. The molecule has 1 atom stereocenters. The maximum atomic E-state index is 5.20.